The molecule has 2 atom stereocenters. The van der Waals surface area contributed by atoms with Gasteiger partial charge in [0.25, 0.3) is 11.8 Å². The van der Waals surface area contributed by atoms with Crippen LogP contribution < -0.4 is 31.2 Å². The Labute approximate surface area is 230 Å². The Morgan fingerprint density at radius 3 is 2.46 bits per heavy atom. The van der Waals surface area contributed by atoms with Crippen LogP contribution in [-0.2, 0) is 9.53 Å². The lowest BCUT2D eigenvalue weighted by molar-refractivity contribution is -0.123. The highest BCUT2D eigenvalue weighted by Crippen LogP contribution is 2.36. The third kappa shape index (κ3) is 5.96. The lowest BCUT2D eigenvalue weighted by atomic mass is 10.0. The van der Waals surface area contributed by atoms with E-state index in [1.54, 1.807) is 30.3 Å². The van der Waals surface area contributed by atoms with Gasteiger partial charge in [0, 0.05) is 18.8 Å². The number of amides is 3. The lowest BCUT2D eigenvalue weighted by Crippen LogP contribution is -2.45. The molecule has 0 radical (unpaired) electrons. The minimum atomic E-state index is -1.15. The second kappa shape index (κ2) is 12.1. The van der Waals surface area contributed by atoms with E-state index < -0.39 is 23.8 Å². The summed E-state index contributed by atoms with van der Waals surface area (Å²) in [5, 5.41) is 2.95. The number of anilines is 2. The Bertz CT molecular complexity index is 1350. The quantitative estimate of drug-likeness (QED) is 0.346. The van der Waals surface area contributed by atoms with E-state index in [1.165, 1.54) is 19.1 Å². The summed E-state index contributed by atoms with van der Waals surface area (Å²) in [6.07, 6.45) is 1.63. The largest absolute Gasteiger partial charge is 0.493 e. The maximum Gasteiger partial charge on any atom is 0.273 e. The minimum absolute atomic E-state index is 0.0122. The summed E-state index contributed by atoms with van der Waals surface area (Å²) in [5.41, 5.74) is 13.0. The van der Waals surface area contributed by atoms with Crippen molar-refractivity contribution >= 4 is 40.6 Å². The Morgan fingerprint density at radius 2 is 1.87 bits per heavy atom. The van der Waals surface area contributed by atoms with Crippen LogP contribution in [0.15, 0.2) is 42.5 Å². The Hall–Kier alpha value is -4.16. The number of nitrogen functional groups attached to an aromatic ring is 1. The second-order valence-electron chi connectivity index (χ2n) is 9.05. The highest BCUT2D eigenvalue weighted by molar-refractivity contribution is 7.09. The summed E-state index contributed by atoms with van der Waals surface area (Å²) < 4.78 is 20.5. The van der Waals surface area contributed by atoms with E-state index in [9.17, 15) is 14.4 Å². The van der Waals surface area contributed by atoms with E-state index in [1.807, 2.05) is 19.1 Å². The molecule has 2 heterocycles. The van der Waals surface area contributed by atoms with Gasteiger partial charge in [-0.05, 0) is 61.1 Å². The molecular formula is C27H31N5O6S. The molecule has 0 bridgehead atoms. The average Bonchev–Trinajstić information content (AvgIpc) is 3.60. The fourth-order valence-corrected chi connectivity index (χ4v) is 5.13. The molecule has 39 heavy (non-hydrogen) atoms. The third-order valence-electron chi connectivity index (χ3n) is 6.44. The van der Waals surface area contributed by atoms with E-state index in [4.69, 9.17) is 25.7 Å². The normalized spacial score (nSPS) is 15.4. The molecule has 0 spiro atoms. The fraction of sp³-hybridized carbons (Fsp3) is 0.333. The highest BCUT2D eigenvalue weighted by Gasteiger charge is 2.37. The number of carbonyl (C=O) groups is 3. The van der Waals surface area contributed by atoms with Crippen LogP contribution in [0.4, 0.5) is 11.4 Å². The summed E-state index contributed by atoms with van der Waals surface area (Å²) >= 11 is 0.747. The van der Waals surface area contributed by atoms with Gasteiger partial charge in [-0.15, -0.1) is 0 Å². The molecule has 1 saturated heterocycles. The van der Waals surface area contributed by atoms with Gasteiger partial charge in [0.15, 0.2) is 17.2 Å². The van der Waals surface area contributed by atoms with Crippen molar-refractivity contribution in [3.05, 3.63) is 64.2 Å². The first-order chi connectivity index (χ1) is 18.7. The van der Waals surface area contributed by atoms with E-state index in [0.717, 1.165) is 29.9 Å². The first-order valence-corrected chi connectivity index (χ1v) is 13.1. The standard InChI is InChI=1S/C27H31N5O6S/c1-15-6-9-17(10-7-15)32(27(35)24-21(28)22(25(29)33)31-39-24)23(26(34)30-14-18-5-4-12-38-18)16-8-11-19(36-2)20(13-16)37-3/h6-11,13,18,23H,4-5,12,14,28H2,1-3H3,(H2,29,33)(H,30,34)/t18-,23+/m0/s1. The maximum absolute atomic E-state index is 14.1. The first-order valence-electron chi connectivity index (χ1n) is 12.3. The first kappa shape index (κ1) is 27.9. The molecule has 12 heteroatoms. The molecule has 0 saturated carbocycles. The van der Waals surface area contributed by atoms with Crippen LogP contribution in [0.25, 0.3) is 0 Å². The van der Waals surface area contributed by atoms with Gasteiger partial charge in [0.1, 0.15) is 10.9 Å². The molecule has 206 valence electrons. The monoisotopic (exact) mass is 553 g/mol. The predicted molar refractivity (Wildman–Crippen MR) is 147 cm³/mol. The number of aromatic nitrogens is 1. The van der Waals surface area contributed by atoms with Gasteiger partial charge >= 0.3 is 0 Å². The molecule has 2 aromatic carbocycles. The summed E-state index contributed by atoms with van der Waals surface area (Å²) in [6, 6.07) is 11.0. The lowest BCUT2D eigenvalue weighted by Gasteiger charge is -2.32. The fourth-order valence-electron chi connectivity index (χ4n) is 4.38. The molecule has 0 aliphatic carbocycles. The van der Waals surface area contributed by atoms with E-state index in [0.29, 0.717) is 29.4 Å². The molecule has 0 unspecified atom stereocenters. The van der Waals surface area contributed by atoms with Crippen molar-refractivity contribution in [1.82, 2.24) is 9.69 Å². The van der Waals surface area contributed by atoms with E-state index in [-0.39, 0.29) is 28.9 Å². The van der Waals surface area contributed by atoms with Crippen LogP contribution in [-0.4, -0.2) is 55.6 Å². The summed E-state index contributed by atoms with van der Waals surface area (Å²) in [7, 11) is 2.99. The van der Waals surface area contributed by atoms with Crippen LogP contribution in [0.3, 0.4) is 0 Å². The van der Waals surface area contributed by atoms with Crippen LogP contribution >= 0.6 is 11.5 Å². The van der Waals surface area contributed by atoms with Gasteiger partial charge in [-0.1, -0.05) is 23.8 Å². The SMILES string of the molecule is COc1ccc([C@H](C(=O)NC[C@@H]2CCCO2)N(C(=O)c2snc(C(N)=O)c2N)c2ccc(C)cc2)cc1OC. The number of nitrogens with one attached hydrogen (secondary N) is 1. The van der Waals surface area contributed by atoms with Crippen molar-refractivity contribution in [3.8, 4) is 11.5 Å². The minimum Gasteiger partial charge on any atom is -0.493 e. The topological polar surface area (TPSA) is 159 Å². The number of benzene rings is 2. The summed E-state index contributed by atoms with van der Waals surface area (Å²) in [5.74, 6) is -1.06. The second-order valence-corrected chi connectivity index (χ2v) is 9.82. The molecule has 1 aliphatic rings. The Kier molecular flexibility index (Phi) is 8.67. The summed E-state index contributed by atoms with van der Waals surface area (Å²) in [6.45, 7) is 2.84. The third-order valence-corrected chi connectivity index (χ3v) is 7.30. The van der Waals surface area contributed by atoms with Crippen molar-refractivity contribution in [2.45, 2.75) is 31.9 Å². The van der Waals surface area contributed by atoms with Crippen molar-refractivity contribution < 1.29 is 28.6 Å². The molecule has 1 aliphatic heterocycles. The molecule has 1 aromatic heterocycles. The van der Waals surface area contributed by atoms with Gasteiger partial charge in [-0.2, -0.15) is 4.37 Å². The number of nitrogens with zero attached hydrogens (tertiary/aromatic N) is 2. The smallest absolute Gasteiger partial charge is 0.273 e. The molecule has 3 aromatic rings. The van der Waals surface area contributed by atoms with Crippen molar-refractivity contribution in [2.75, 3.05) is 38.0 Å². The summed E-state index contributed by atoms with van der Waals surface area (Å²) in [4.78, 5) is 41.2. The Balaban J connectivity index is 1.85. The molecule has 4 rings (SSSR count). The van der Waals surface area contributed by atoms with E-state index >= 15 is 0 Å². The number of carbonyl (C=O) groups excluding carboxylic acids is 3. The number of methoxy groups -OCH3 is 2. The zero-order chi connectivity index (χ0) is 28.1. The number of primary amides is 1. The zero-order valence-corrected chi connectivity index (χ0v) is 22.7. The van der Waals surface area contributed by atoms with Crippen LogP contribution in [0.5, 0.6) is 11.5 Å². The number of nitrogens with two attached hydrogens (primary N) is 2. The van der Waals surface area contributed by atoms with E-state index in [2.05, 4.69) is 9.69 Å². The van der Waals surface area contributed by atoms with Crippen molar-refractivity contribution in [2.24, 2.45) is 5.73 Å². The molecular weight excluding hydrogens is 522 g/mol. The number of aryl methyl sites for hydroxylation is 1. The number of rotatable bonds is 10. The number of hydrogen-bond donors (Lipinski definition) is 3. The van der Waals surface area contributed by atoms with Gasteiger partial charge in [-0.3, -0.25) is 19.3 Å². The Morgan fingerprint density at radius 1 is 1.15 bits per heavy atom. The molecule has 5 N–H and O–H groups in total. The maximum atomic E-state index is 14.1. The number of ether oxygens (including phenoxy) is 3. The van der Waals surface area contributed by atoms with Gasteiger partial charge < -0.3 is 31.0 Å². The van der Waals surface area contributed by atoms with Crippen molar-refractivity contribution in [1.29, 1.82) is 0 Å². The molecule has 3 amide bonds. The average molecular weight is 554 g/mol. The predicted octanol–water partition coefficient (Wildman–Crippen LogP) is 2.83. The van der Waals surface area contributed by atoms with Crippen molar-refractivity contribution in [3.63, 3.8) is 0 Å². The van der Waals surface area contributed by atoms with Gasteiger partial charge in [-0.25, -0.2) is 0 Å². The van der Waals surface area contributed by atoms with Gasteiger partial charge in [0.2, 0.25) is 5.91 Å². The molecule has 1 fully saturated rings. The highest BCUT2D eigenvalue weighted by atomic mass is 32.1. The number of hydrogen-bond acceptors (Lipinski definition) is 9. The van der Waals surface area contributed by atoms with Crippen LogP contribution in [0.1, 0.15) is 50.2 Å². The van der Waals surface area contributed by atoms with Crippen LogP contribution in [0, 0.1) is 6.92 Å². The van der Waals surface area contributed by atoms with Crippen LogP contribution in [0.2, 0.25) is 0 Å². The van der Waals surface area contributed by atoms with Gasteiger partial charge in [0.05, 0.1) is 26.0 Å². The molecule has 11 nitrogen and oxygen atoms in total. The zero-order valence-electron chi connectivity index (χ0n) is 21.9.